The molecule has 1 aromatic rings. The highest BCUT2D eigenvalue weighted by Gasteiger charge is 2.66. The van der Waals surface area contributed by atoms with Crippen LogP contribution < -0.4 is 5.32 Å². The lowest BCUT2D eigenvalue weighted by atomic mass is 9.61. The highest BCUT2D eigenvalue weighted by Crippen LogP contribution is 2.63. The number of unbranched alkanes of at least 4 members (excludes halogenated alkanes) is 2. The van der Waals surface area contributed by atoms with Crippen molar-refractivity contribution in [3.63, 3.8) is 0 Å². The molecule has 0 heterocycles. The zero-order valence-electron chi connectivity index (χ0n) is 16.9. The Morgan fingerprint density at radius 3 is 2.79 bits per heavy atom. The lowest BCUT2D eigenvalue weighted by molar-refractivity contribution is -0.121. The largest absolute Gasteiger partial charge is 0.465 e. The van der Waals surface area contributed by atoms with Crippen LogP contribution in [0.5, 0.6) is 0 Å². The summed E-state index contributed by atoms with van der Waals surface area (Å²) in [4.78, 5) is 12.0. The standard InChI is InChI=1S/C22H32INO4/c1-3-4-5-10-19(28-15-27-2)22(24-20(25)26)14-16-11-12-21(22,13-16)17-8-6-7-9-18(17)23/h6-9,16,19,24H,3-5,10-15H2,1-2H3,(H,25,26)/t16?,19?,21-,22+/m0/s1. The summed E-state index contributed by atoms with van der Waals surface area (Å²) in [6, 6.07) is 8.44. The number of benzene rings is 1. The molecule has 0 aromatic heterocycles. The van der Waals surface area contributed by atoms with E-state index in [1.54, 1.807) is 7.11 Å². The molecule has 156 valence electrons. The van der Waals surface area contributed by atoms with Crippen molar-refractivity contribution in [2.45, 2.75) is 75.3 Å². The predicted octanol–water partition coefficient (Wildman–Crippen LogP) is 5.31. The van der Waals surface area contributed by atoms with Gasteiger partial charge in [0.2, 0.25) is 0 Å². The number of methoxy groups -OCH3 is 1. The fourth-order valence-electron chi connectivity index (χ4n) is 5.80. The molecule has 0 spiro atoms. The molecule has 1 aromatic carbocycles. The lowest BCUT2D eigenvalue weighted by Gasteiger charge is -2.51. The SMILES string of the molecule is CCCCCC(OCOC)[C@]1(NC(=O)O)CC2CC[C@@]1(c1ccccc1I)C2. The van der Waals surface area contributed by atoms with Crippen molar-refractivity contribution >= 4 is 28.7 Å². The monoisotopic (exact) mass is 501 g/mol. The van der Waals surface area contributed by atoms with Crippen LogP contribution in [0.3, 0.4) is 0 Å². The summed E-state index contributed by atoms with van der Waals surface area (Å²) in [7, 11) is 1.62. The Morgan fingerprint density at radius 1 is 1.36 bits per heavy atom. The van der Waals surface area contributed by atoms with Crippen molar-refractivity contribution in [3.05, 3.63) is 33.4 Å². The summed E-state index contributed by atoms with van der Waals surface area (Å²) >= 11 is 2.40. The van der Waals surface area contributed by atoms with E-state index in [4.69, 9.17) is 9.47 Å². The molecule has 2 unspecified atom stereocenters. The number of hydrogen-bond donors (Lipinski definition) is 2. The molecule has 3 rings (SSSR count). The fraction of sp³-hybridized carbons (Fsp3) is 0.682. The minimum absolute atomic E-state index is 0.187. The topological polar surface area (TPSA) is 67.8 Å². The van der Waals surface area contributed by atoms with Crippen LogP contribution in [0.1, 0.15) is 63.9 Å². The molecule has 6 heteroatoms. The number of carboxylic acid groups (broad SMARTS) is 1. The second kappa shape index (κ2) is 9.30. The molecule has 0 saturated heterocycles. The second-order valence-electron chi connectivity index (χ2n) is 8.33. The normalized spacial score (nSPS) is 29.8. The van der Waals surface area contributed by atoms with Gasteiger partial charge < -0.3 is 19.9 Å². The van der Waals surface area contributed by atoms with Crippen LogP contribution in [0, 0.1) is 9.49 Å². The van der Waals surface area contributed by atoms with Crippen molar-refractivity contribution in [2.24, 2.45) is 5.92 Å². The van der Waals surface area contributed by atoms with Crippen LogP contribution in [0.2, 0.25) is 0 Å². The molecular weight excluding hydrogens is 469 g/mol. The Labute approximate surface area is 181 Å². The maximum Gasteiger partial charge on any atom is 0.405 e. The van der Waals surface area contributed by atoms with E-state index < -0.39 is 11.6 Å². The first-order valence-electron chi connectivity index (χ1n) is 10.4. The van der Waals surface area contributed by atoms with E-state index >= 15 is 0 Å². The van der Waals surface area contributed by atoms with Gasteiger partial charge in [0.15, 0.2) is 0 Å². The van der Waals surface area contributed by atoms with Gasteiger partial charge in [-0.3, -0.25) is 0 Å². The van der Waals surface area contributed by atoms with E-state index in [1.165, 1.54) is 9.13 Å². The first-order chi connectivity index (χ1) is 13.5. The van der Waals surface area contributed by atoms with Gasteiger partial charge in [-0.1, -0.05) is 44.4 Å². The average molecular weight is 501 g/mol. The van der Waals surface area contributed by atoms with Gasteiger partial charge in [0.1, 0.15) is 6.79 Å². The molecule has 2 fully saturated rings. The molecule has 4 atom stereocenters. The maximum absolute atomic E-state index is 12.0. The molecule has 2 bridgehead atoms. The fourth-order valence-corrected chi connectivity index (χ4v) is 6.70. The zero-order chi connectivity index (χ0) is 20.2. The summed E-state index contributed by atoms with van der Waals surface area (Å²) in [6.07, 6.45) is 6.97. The number of hydrogen-bond acceptors (Lipinski definition) is 3. The highest BCUT2D eigenvalue weighted by molar-refractivity contribution is 14.1. The number of rotatable bonds is 10. The molecule has 28 heavy (non-hydrogen) atoms. The van der Waals surface area contributed by atoms with Gasteiger partial charge in [0, 0.05) is 16.1 Å². The predicted molar refractivity (Wildman–Crippen MR) is 118 cm³/mol. The van der Waals surface area contributed by atoms with Crippen molar-refractivity contribution in [3.8, 4) is 0 Å². The van der Waals surface area contributed by atoms with Crippen molar-refractivity contribution < 1.29 is 19.4 Å². The molecule has 0 radical (unpaired) electrons. The molecule has 1 amide bonds. The molecule has 2 aliphatic rings. The number of carbonyl (C=O) groups is 1. The Morgan fingerprint density at radius 2 is 2.14 bits per heavy atom. The Kier molecular flexibility index (Phi) is 7.26. The van der Waals surface area contributed by atoms with Gasteiger partial charge in [0.05, 0.1) is 11.6 Å². The van der Waals surface area contributed by atoms with Crippen LogP contribution in [-0.4, -0.2) is 36.7 Å². The van der Waals surface area contributed by atoms with Gasteiger partial charge in [-0.25, -0.2) is 4.79 Å². The molecule has 0 aliphatic heterocycles. The van der Waals surface area contributed by atoms with E-state index in [1.807, 2.05) is 0 Å². The minimum Gasteiger partial charge on any atom is -0.465 e. The minimum atomic E-state index is -0.959. The van der Waals surface area contributed by atoms with Crippen molar-refractivity contribution in [2.75, 3.05) is 13.9 Å². The first kappa shape index (κ1) is 21.8. The smallest absolute Gasteiger partial charge is 0.405 e. The third-order valence-electron chi connectivity index (χ3n) is 6.81. The third-order valence-corrected chi connectivity index (χ3v) is 7.75. The summed E-state index contributed by atoms with van der Waals surface area (Å²) in [5.41, 5.74) is 0.430. The van der Waals surface area contributed by atoms with E-state index in [-0.39, 0.29) is 18.3 Å². The molecule has 5 nitrogen and oxygen atoms in total. The van der Waals surface area contributed by atoms with Crippen LogP contribution >= 0.6 is 22.6 Å². The van der Waals surface area contributed by atoms with Crippen molar-refractivity contribution in [1.29, 1.82) is 0 Å². The number of halogens is 1. The molecule has 2 saturated carbocycles. The molecule has 2 aliphatic carbocycles. The lowest BCUT2D eigenvalue weighted by Crippen LogP contribution is -2.67. The number of fused-ring (bicyclic) bond motifs is 2. The van der Waals surface area contributed by atoms with Crippen LogP contribution in [0.25, 0.3) is 0 Å². The number of ether oxygens (including phenoxy) is 2. The van der Waals surface area contributed by atoms with Crippen LogP contribution in [0.15, 0.2) is 24.3 Å². The maximum atomic E-state index is 12.0. The summed E-state index contributed by atoms with van der Waals surface area (Å²) in [5.74, 6) is 0.530. The number of amides is 1. The molecule has 2 N–H and O–H groups in total. The Bertz CT molecular complexity index is 684. The van der Waals surface area contributed by atoms with E-state index in [0.29, 0.717) is 5.92 Å². The summed E-state index contributed by atoms with van der Waals surface area (Å²) < 4.78 is 12.7. The summed E-state index contributed by atoms with van der Waals surface area (Å²) in [5, 5.41) is 12.9. The first-order valence-corrected chi connectivity index (χ1v) is 11.4. The van der Waals surface area contributed by atoms with Gasteiger partial charge in [0.25, 0.3) is 0 Å². The van der Waals surface area contributed by atoms with Crippen LogP contribution in [0.4, 0.5) is 4.79 Å². The Hall–Kier alpha value is -0.860. The average Bonchev–Trinajstić information content (AvgIpc) is 3.21. The van der Waals surface area contributed by atoms with E-state index in [9.17, 15) is 9.90 Å². The number of nitrogens with one attached hydrogen (secondary N) is 1. The zero-order valence-corrected chi connectivity index (χ0v) is 19.0. The third kappa shape index (κ3) is 3.92. The Balaban J connectivity index is 2.07. The van der Waals surface area contributed by atoms with Crippen LogP contribution in [-0.2, 0) is 14.9 Å². The molecular formula is C22H32INO4. The van der Waals surface area contributed by atoms with Gasteiger partial charge in [-0.2, -0.15) is 0 Å². The second-order valence-corrected chi connectivity index (χ2v) is 9.50. The quantitative estimate of drug-likeness (QED) is 0.259. The van der Waals surface area contributed by atoms with Crippen molar-refractivity contribution in [1.82, 2.24) is 5.32 Å². The summed E-state index contributed by atoms with van der Waals surface area (Å²) in [6.45, 7) is 2.37. The van der Waals surface area contributed by atoms with E-state index in [2.05, 4.69) is 59.1 Å². The van der Waals surface area contributed by atoms with Gasteiger partial charge >= 0.3 is 6.09 Å². The van der Waals surface area contributed by atoms with Gasteiger partial charge in [-0.05, 0) is 72.2 Å². The van der Waals surface area contributed by atoms with E-state index in [0.717, 1.165) is 51.4 Å². The highest BCUT2D eigenvalue weighted by atomic mass is 127. The van der Waals surface area contributed by atoms with Gasteiger partial charge in [-0.15, -0.1) is 0 Å².